The van der Waals surface area contributed by atoms with Gasteiger partial charge < -0.3 is 30.3 Å². The summed E-state index contributed by atoms with van der Waals surface area (Å²) in [6.07, 6.45) is -5.41. The molecule has 0 radical (unpaired) electrons. The predicted molar refractivity (Wildman–Crippen MR) is 45.2 cm³/mol. The zero-order valence-electron chi connectivity index (χ0n) is 7.87. The zero-order chi connectivity index (χ0) is 10.9. The first-order valence-corrected chi connectivity index (χ1v) is 4.45. The summed E-state index contributed by atoms with van der Waals surface area (Å²) in [4.78, 5) is 0. The van der Waals surface area contributed by atoms with E-state index >= 15 is 0 Å². The van der Waals surface area contributed by atoms with Crippen LogP contribution in [0.4, 0.5) is 0 Å². The standard InChI is InChI=1S/C8H16O6/c1-4(9)2-8(13)7(12)6(11)5(10)3-14-8/h4-7,9-13H,2-3H2,1H3/t4?,5-,6+,7-,8+/m1/s1. The summed E-state index contributed by atoms with van der Waals surface area (Å²) in [5.41, 5.74) is 0. The average molecular weight is 208 g/mol. The Kier molecular flexibility index (Phi) is 3.46. The maximum absolute atomic E-state index is 9.70. The molecule has 1 unspecified atom stereocenters. The molecule has 1 saturated heterocycles. The van der Waals surface area contributed by atoms with E-state index in [0.717, 1.165) is 0 Å². The smallest absolute Gasteiger partial charge is 0.197 e. The van der Waals surface area contributed by atoms with E-state index < -0.39 is 30.2 Å². The maximum atomic E-state index is 9.70. The molecule has 1 rings (SSSR count). The molecule has 6 nitrogen and oxygen atoms in total. The lowest BCUT2D eigenvalue weighted by atomic mass is 9.93. The third kappa shape index (κ3) is 2.22. The molecular formula is C8H16O6. The maximum Gasteiger partial charge on any atom is 0.197 e. The number of ether oxygens (including phenoxy) is 1. The van der Waals surface area contributed by atoms with Crippen LogP contribution >= 0.6 is 0 Å². The molecule has 1 aliphatic rings. The molecule has 0 amide bonds. The normalized spacial score (nSPS) is 46.3. The van der Waals surface area contributed by atoms with Crippen molar-refractivity contribution in [2.75, 3.05) is 6.61 Å². The largest absolute Gasteiger partial charge is 0.393 e. The van der Waals surface area contributed by atoms with Crippen LogP contribution in [-0.4, -0.2) is 62.3 Å². The van der Waals surface area contributed by atoms with Gasteiger partial charge in [-0.2, -0.15) is 0 Å². The van der Waals surface area contributed by atoms with Crippen LogP contribution in [0.1, 0.15) is 13.3 Å². The summed E-state index contributed by atoms with van der Waals surface area (Å²) in [5.74, 6) is -1.99. The van der Waals surface area contributed by atoms with Crippen molar-refractivity contribution < 1.29 is 30.3 Å². The minimum atomic E-state index is -1.99. The van der Waals surface area contributed by atoms with Gasteiger partial charge in [-0.1, -0.05) is 0 Å². The molecule has 0 aliphatic carbocycles. The molecule has 0 saturated carbocycles. The lowest BCUT2D eigenvalue weighted by Crippen LogP contribution is -2.61. The highest BCUT2D eigenvalue weighted by Crippen LogP contribution is 2.27. The van der Waals surface area contributed by atoms with Crippen LogP contribution < -0.4 is 0 Å². The van der Waals surface area contributed by atoms with Gasteiger partial charge in [0.05, 0.1) is 12.7 Å². The first-order chi connectivity index (χ1) is 6.37. The first kappa shape index (κ1) is 11.8. The van der Waals surface area contributed by atoms with E-state index in [2.05, 4.69) is 0 Å². The van der Waals surface area contributed by atoms with Gasteiger partial charge in [0.2, 0.25) is 0 Å². The Morgan fingerprint density at radius 3 is 2.50 bits per heavy atom. The van der Waals surface area contributed by atoms with Gasteiger partial charge in [0.25, 0.3) is 0 Å². The molecule has 0 bridgehead atoms. The van der Waals surface area contributed by atoms with Crippen LogP contribution in [0.5, 0.6) is 0 Å². The molecule has 6 heteroatoms. The van der Waals surface area contributed by atoms with E-state index in [1.807, 2.05) is 0 Å². The van der Waals surface area contributed by atoms with Crippen LogP contribution in [0.25, 0.3) is 0 Å². The monoisotopic (exact) mass is 208 g/mol. The molecule has 0 aromatic heterocycles. The quantitative estimate of drug-likeness (QED) is 0.345. The summed E-state index contributed by atoms with van der Waals surface area (Å²) >= 11 is 0. The van der Waals surface area contributed by atoms with E-state index in [9.17, 15) is 15.3 Å². The topological polar surface area (TPSA) is 110 Å². The molecule has 84 valence electrons. The van der Waals surface area contributed by atoms with E-state index in [4.69, 9.17) is 14.9 Å². The predicted octanol–water partition coefficient (Wildman–Crippen LogP) is -2.44. The first-order valence-electron chi connectivity index (χ1n) is 4.45. The summed E-state index contributed by atoms with van der Waals surface area (Å²) in [6, 6.07) is 0. The highest BCUT2D eigenvalue weighted by molar-refractivity contribution is 4.92. The van der Waals surface area contributed by atoms with Gasteiger partial charge in [-0.25, -0.2) is 0 Å². The Morgan fingerprint density at radius 2 is 2.00 bits per heavy atom. The second kappa shape index (κ2) is 4.09. The van der Waals surface area contributed by atoms with Gasteiger partial charge in [0.1, 0.15) is 18.3 Å². The van der Waals surface area contributed by atoms with Crippen molar-refractivity contribution in [1.82, 2.24) is 0 Å². The molecule has 0 aromatic rings. The zero-order valence-corrected chi connectivity index (χ0v) is 7.87. The Morgan fingerprint density at radius 1 is 1.43 bits per heavy atom. The molecule has 0 spiro atoms. The van der Waals surface area contributed by atoms with Gasteiger partial charge in [0, 0.05) is 6.42 Å². The molecular weight excluding hydrogens is 192 g/mol. The van der Waals surface area contributed by atoms with E-state index in [0.29, 0.717) is 0 Å². The van der Waals surface area contributed by atoms with E-state index in [1.165, 1.54) is 6.92 Å². The average Bonchev–Trinajstić information content (AvgIpc) is 2.08. The Balaban J connectivity index is 2.69. The molecule has 5 N–H and O–H groups in total. The third-order valence-corrected chi connectivity index (χ3v) is 2.27. The van der Waals surface area contributed by atoms with Crippen molar-refractivity contribution in [2.24, 2.45) is 0 Å². The second-order valence-corrected chi connectivity index (χ2v) is 3.71. The summed E-state index contributed by atoms with van der Waals surface area (Å²) in [5, 5.41) is 46.5. The molecule has 5 atom stereocenters. The Hall–Kier alpha value is -0.240. The van der Waals surface area contributed by atoms with Crippen molar-refractivity contribution in [3.05, 3.63) is 0 Å². The van der Waals surface area contributed by atoms with Crippen LogP contribution in [0.15, 0.2) is 0 Å². The molecule has 0 aromatic carbocycles. The minimum absolute atomic E-state index is 0.224. The highest BCUT2D eigenvalue weighted by atomic mass is 16.6. The SMILES string of the molecule is CC(O)C[C@]1(O)OC[C@@H](O)[C@H](O)[C@H]1O. The van der Waals surface area contributed by atoms with Crippen LogP contribution in [0.2, 0.25) is 0 Å². The molecule has 1 heterocycles. The fraction of sp³-hybridized carbons (Fsp3) is 1.00. The van der Waals surface area contributed by atoms with Crippen molar-refractivity contribution in [1.29, 1.82) is 0 Å². The summed E-state index contributed by atoms with van der Waals surface area (Å²) in [6.45, 7) is 1.15. The van der Waals surface area contributed by atoms with Crippen LogP contribution in [0.3, 0.4) is 0 Å². The van der Waals surface area contributed by atoms with Gasteiger partial charge in [0.15, 0.2) is 5.79 Å². The van der Waals surface area contributed by atoms with E-state index in [-0.39, 0.29) is 13.0 Å². The lowest BCUT2D eigenvalue weighted by Gasteiger charge is -2.42. The van der Waals surface area contributed by atoms with Crippen molar-refractivity contribution in [3.8, 4) is 0 Å². The van der Waals surface area contributed by atoms with Gasteiger partial charge in [-0.3, -0.25) is 0 Å². The second-order valence-electron chi connectivity index (χ2n) is 3.71. The number of hydrogen-bond donors (Lipinski definition) is 5. The minimum Gasteiger partial charge on any atom is -0.393 e. The Labute approximate surface area is 81.4 Å². The number of hydrogen-bond acceptors (Lipinski definition) is 6. The van der Waals surface area contributed by atoms with Gasteiger partial charge in [-0.15, -0.1) is 0 Å². The summed E-state index contributed by atoms with van der Waals surface area (Å²) < 4.78 is 4.81. The fourth-order valence-corrected chi connectivity index (χ4v) is 1.49. The van der Waals surface area contributed by atoms with Crippen LogP contribution in [0, 0.1) is 0 Å². The highest BCUT2D eigenvalue weighted by Gasteiger charge is 2.48. The third-order valence-electron chi connectivity index (χ3n) is 2.27. The van der Waals surface area contributed by atoms with Gasteiger partial charge in [-0.05, 0) is 6.92 Å². The van der Waals surface area contributed by atoms with Gasteiger partial charge >= 0.3 is 0 Å². The van der Waals surface area contributed by atoms with Crippen molar-refractivity contribution in [3.63, 3.8) is 0 Å². The van der Waals surface area contributed by atoms with Crippen molar-refractivity contribution >= 4 is 0 Å². The van der Waals surface area contributed by atoms with Crippen molar-refractivity contribution in [2.45, 2.75) is 43.5 Å². The number of aliphatic hydroxyl groups excluding tert-OH is 4. The fourth-order valence-electron chi connectivity index (χ4n) is 1.49. The summed E-state index contributed by atoms with van der Waals surface area (Å²) in [7, 11) is 0. The molecule has 14 heavy (non-hydrogen) atoms. The molecule has 1 aliphatic heterocycles. The van der Waals surface area contributed by atoms with Crippen LogP contribution in [-0.2, 0) is 4.74 Å². The Bertz CT molecular complexity index is 196. The number of aliphatic hydroxyl groups is 5. The van der Waals surface area contributed by atoms with E-state index in [1.54, 1.807) is 0 Å². The number of rotatable bonds is 2. The molecule has 1 fully saturated rings. The lowest BCUT2D eigenvalue weighted by molar-refractivity contribution is -0.328.